The smallest absolute Gasteiger partial charge is 0.308 e. The average molecular weight is 393 g/mol. The van der Waals surface area contributed by atoms with Crippen LogP contribution in [0.1, 0.15) is 74.3 Å². The summed E-state index contributed by atoms with van der Waals surface area (Å²) in [5.41, 5.74) is 1.25. The molecule has 0 saturated heterocycles. The third kappa shape index (κ3) is 13.8. The molecule has 1 aromatic rings. The molecule has 0 saturated carbocycles. The number of hydrogen-bond acceptors (Lipinski definition) is 4. The molecule has 0 aliphatic heterocycles. The van der Waals surface area contributed by atoms with Crippen LogP contribution < -0.4 is 0 Å². The van der Waals surface area contributed by atoms with Crippen LogP contribution in [0, 0.1) is 5.92 Å². The Kier molecular flexibility index (Phi) is 19.6. The molecule has 0 bridgehead atoms. The van der Waals surface area contributed by atoms with Gasteiger partial charge in [-0.05, 0) is 30.7 Å². The van der Waals surface area contributed by atoms with Gasteiger partial charge in [0.05, 0.1) is 18.3 Å². The minimum Gasteiger partial charge on any atom is -0.465 e. The minimum absolute atomic E-state index is 0. The van der Waals surface area contributed by atoms with Crippen LogP contribution >= 0.6 is 0 Å². The summed E-state index contributed by atoms with van der Waals surface area (Å²) in [5, 5.41) is 0. The minimum atomic E-state index is -3.99. The van der Waals surface area contributed by atoms with Crippen molar-refractivity contribution < 1.29 is 22.5 Å². The van der Waals surface area contributed by atoms with Crippen LogP contribution in [-0.4, -0.2) is 31.3 Å². The summed E-state index contributed by atoms with van der Waals surface area (Å²) in [6.45, 7) is 3.94. The van der Waals surface area contributed by atoms with E-state index in [9.17, 15) is 13.2 Å². The third-order valence-electron chi connectivity index (χ3n) is 3.59. The van der Waals surface area contributed by atoms with Crippen molar-refractivity contribution in [2.45, 2.75) is 68.7 Å². The number of hydrogen-bond donors (Lipinski definition) is 1. The molecule has 1 rings (SSSR count). The number of benzene rings is 1. The Morgan fingerprint density at radius 3 is 2.08 bits per heavy atom. The standard InChI is InChI=1S/C16H24O5S.4CH4/c1-13(15-7-4-3-5-8-15)9-10-14(2)16(17)21-11-6-12-22(18,19)20;;;;/h3-5,7-8,13-14H,6,9-12H2,1-2H3,(H,18,19,20);4*1H4. The van der Waals surface area contributed by atoms with Gasteiger partial charge in [0, 0.05) is 0 Å². The Morgan fingerprint density at radius 2 is 1.58 bits per heavy atom. The van der Waals surface area contributed by atoms with Crippen molar-refractivity contribution in [3.05, 3.63) is 35.9 Å². The Morgan fingerprint density at radius 1 is 1.04 bits per heavy atom. The first-order valence-corrected chi connectivity index (χ1v) is 9.07. The summed E-state index contributed by atoms with van der Waals surface area (Å²) in [6, 6.07) is 10.1. The first kappa shape index (κ1) is 32.3. The number of carbonyl (C=O) groups is 1. The van der Waals surface area contributed by atoms with Crippen molar-refractivity contribution >= 4 is 16.1 Å². The van der Waals surface area contributed by atoms with E-state index in [1.54, 1.807) is 0 Å². The van der Waals surface area contributed by atoms with Crippen molar-refractivity contribution in [2.24, 2.45) is 5.92 Å². The highest BCUT2D eigenvalue weighted by molar-refractivity contribution is 7.85. The second-order valence-corrected chi connectivity index (χ2v) is 7.17. The van der Waals surface area contributed by atoms with E-state index in [2.05, 4.69) is 19.1 Å². The van der Waals surface area contributed by atoms with Gasteiger partial charge in [0.15, 0.2) is 0 Å². The van der Waals surface area contributed by atoms with Crippen molar-refractivity contribution in [2.75, 3.05) is 12.4 Å². The number of esters is 1. The fraction of sp³-hybridized carbons (Fsp3) is 0.650. The van der Waals surface area contributed by atoms with E-state index >= 15 is 0 Å². The van der Waals surface area contributed by atoms with Crippen LogP contribution in [-0.2, 0) is 19.6 Å². The molecule has 0 aliphatic rings. The molecule has 6 heteroatoms. The van der Waals surface area contributed by atoms with E-state index in [1.807, 2.05) is 25.1 Å². The Labute approximate surface area is 161 Å². The van der Waals surface area contributed by atoms with Gasteiger partial charge < -0.3 is 4.74 Å². The maximum atomic E-state index is 11.8. The van der Waals surface area contributed by atoms with Crippen molar-refractivity contribution in [1.29, 1.82) is 0 Å². The lowest BCUT2D eigenvalue weighted by Gasteiger charge is -2.15. The monoisotopic (exact) mass is 392 g/mol. The highest BCUT2D eigenvalue weighted by atomic mass is 32.2. The lowest BCUT2D eigenvalue weighted by molar-refractivity contribution is -0.148. The lowest BCUT2D eigenvalue weighted by Crippen LogP contribution is -2.17. The summed E-state index contributed by atoms with van der Waals surface area (Å²) in [6.07, 6.45) is 1.70. The predicted octanol–water partition coefficient (Wildman–Crippen LogP) is 5.57. The summed E-state index contributed by atoms with van der Waals surface area (Å²) in [7, 11) is -3.99. The van der Waals surface area contributed by atoms with E-state index in [4.69, 9.17) is 9.29 Å². The lowest BCUT2D eigenvalue weighted by atomic mass is 9.92. The number of carbonyl (C=O) groups excluding carboxylic acids is 1. The second-order valence-electron chi connectivity index (χ2n) is 5.60. The normalized spacial score (nSPS) is 12.1. The fourth-order valence-corrected chi connectivity index (χ4v) is 2.61. The molecule has 0 spiro atoms. The van der Waals surface area contributed by atoms with Crippen LogP contribution in [0.3, 0.4) is 0 Å². The zero-order chi connectivity index (χ0) is 16.6. The largest absolute Gasteiger partial charge is 0.465 e. The van der Waals surface area contributed by atoms with Gasteiger partial charge in [-0.25, -0.2) is 0 Å². The van der Waals surface area contributed by atoms with Gasteiger partial charge in [-0.15, -0.1) is 0 Å². The first-order valence-electron chi connectivity index (χ1n) is 7.46. The van der Waals surface area contributed by atoms with Crippen molar-refractivity contribution in [3.63, 3.8) is 0 Å². The van der Waals surface area contributed by atoms with Gasteiger partial charge in [-0.1, -0.05) is 73.9 Å². The molecule has 1 N–H and O–H groups in total. The molecule has 1 aromatic carbocycles. The van der Waals surface area contributed by atoms with Crippen LogP contribution in [0.5, 0.6) is 0 Å². The van der Waals surface area contributed by atoms with Gasteiger partial charge in [-0.2, -0.15) is 8.42 Å². The maximum absolute atomic E-state index is 11.8. The molecule has 0 heterocycles. The quantitative estimate of drug-likeness (QED) is 0.337. The molecular weight excluding hydrogens is 352 g/mol. The van der Waals surface area contributed by atoms with Gasteiger partial charge in [0.2, 0.25) is 0 Å². The molecule has 2 unspecified atom stereocenters. The van der Waals surface area contributed by atoms with Crippen LogP contribution in [0.4, 0.5) is 0 Å². The van der Waals surface area contributed by atoms with E-state index in [0.29, 0.717) is 12.3 Å². The summed E-state index contributed by atoms with van der Waals surface area (Å²) in [4.78, 5) is 11.8. The van der Waals surface area contributed by atoms with Crippen LogP contribution in [0.15, 0.2) is 30.3 Å². The molecule has 0 aliphatic carbocycles. The molecule has 156 valence electrons. The maximum Gasteiger partial charge on any atom is 0.308 e. The molecular formula is C20H40O5S. The van der Waals surface area contributed by atoms with Gasteiger partial charge >= 0.3 is 5.97 Å². The molecule has 0 amide bonds. The first-order chi connectivity index (χ1) is 10.3. The van der Waals surface area contributed by atoms with Gasteiger partial charge in [-0.3, -0.25) is 9.35 Å². The van der Waals surface area contributed by atoms with E-state index in [0.717, 1.165) is 6.42 Å². The fourth-order valence-electron chi connectivity index (χ4n) is 2.12. The second kappa shape index (κ2) is 15.8. The molecule has 5 nitrogen and oxygen atoms in total. The van der Waals surface area contributed by atoms with Gasteiger partial charge in [0.25, 0.3) is 10.1 Å². The molecule has 2 atom stereocenters. The van der Waals surface area contributed by atoms with E-state index in [-0.39, 0.29) is 60.4 Å². The van der Waals surface area contributed by atoms with E-state index in [1.165, 1.54) is 5.56 Å². The molecule has 0 fully saturated rings. The SMILES string of the molecule is C.C.C.C.CC(CCC(C)c1ccccc1)C(=O)OCCCS(=O)(=O)O. The zero-order valence-corrected chi connectivity index (χ0v) is 13.9. The molecule has 26 heavy (non-hydrogen) atoms. The van der Waals surface area contributed by atoms with Crippen LogP contribution in [0.2, 0.25) is 0 Å². The molecule has 0 aromatic heterocycles. The summed E-state index contributed by atoms with van der Waals surface area (Å²) < 4.78 is 34.7. The Balaban J connectivity index is -0.000000605. The Bertz CT molecular complexity index is 555. The third-order valence-corrected chi connectivity index (χ3v) is 4.40. The highest BCUT2D eigenvalue weighted by Crippen LogP contribution is 2.23. The predicted molar refractivity (Wildman–Crippen MR) is 112 cm³/mol. The molecule has 0 radical (unpaired) electrons. The topological polar surface area (TPSA) is 80.7 Å². The summed E-state index contributed by atoms with van der Waals surface area (Å²) in [5.74, 6) is -0.567. The Hall–Kier alpha value is -1.40. The van der Waals surface area contributed by atoms with Crippen LogP contribution in [0.25, 0.3) is 0 Å². The average Bonchev–Trinajstić information content (AvgIpc) is 2.48. The number of rotatable bonds is 9. The van der Waals surface area contributed by atoms with E-state index < -0.39 is 10.1 Å². The van der Waals surface area contributed by atoms with Gasteiger partial charge in [0.1, 0.15) is 0 Å². The number of ether oxygens (including phenoxy) is 1. The zero-order valence-electron chi connectivity index (χ0n) is 13.1. The van der Waals surface area contributed by atoms with Crippen molar-refractivity contribution in [3.8, 4) is 0 Å². The highest BCUT2D eigenvalue weighted by Gasteiger charge is 2.16. The summed E-state index contributed by atoms with van der Waals surface area (Å²) >= 11 is 0. The van der Waals surface area contributed by atoms with Crippen molar-refractivity contribution in [1.82, 2.24) is 0 Å².